The van der Waals surface area contributed by atoms with Gasteiger partial charge in [0.25, 0.3) is 0 Å². The Labute approximate surface area is 126 Å². The average Bonchev–Trinajstić information content (AvgIpc) is 3.01. The van der Waals surface area contributed by atoms with Crippen molar-refractivity contribution in [1.29, 1.82) is 0 Å². The predicted molar refractivity (Wildman–Crippen MR) is 81.5 cm³/mol. The van der Waals surface area contributed by atoms with Gasteiger partial charge in [-0.25, -0.2) is 9.97 Å². The van der Waals surface area contributed by atoms with Gasteiger partial charge in [0.15, 0.2) is 5.65 Å². The number of thiazole rings is 1. The molecule has 0 aliphatic heterocycles. The minimum Gasteiger partial charge on any atom is -0.306 e. The van der Waals surface area contributed by atoms with Gasteiger partial charge >= 0.3 is 0 Å². The van der Waals surface area contributed by atoms with Crippen LogP contribution in [0.5, 0.6) is 0 Å². The van der Waals surface area contributed by atoms with E-state index in [4.69, 9.17) is 11.6 Å². The number of aromatic nitrogens is 5. The highest BCUT2D eigenvalue weighted by Gasteiger charge is 2.21. The van der Waals surface area contributed by atoms with E-state index in [-0.39, 0.29) is 5.38 Å². The van der Waals surface area contributed by atoms with Gasteiger partial charge in [-0.05, 0) is 20.8 Å². The van der Waals surface area contributed by atoms with Crippen LogP contribution in [0.3, 0.4) is 0 Å². The maximum Gasteiger partial charge on any atom is 0.159 e. The fourth-order valence-electron chi connectivity index (χ4n) is 2.43. The standard InChI is InChI=1S/C13H16ClN5S/c1-7(14)12-16-11-9(3)17-18(4)13(11)19(12)5-10-8(2)15-6-20-10/h6-7H,5H2,1-4H3. The number of fused-ring (bicyclic) bond motifs is 1. The van der Waals surface area contributed by atoms with Crippen LogP contribution in [-0.4, -0.2) is 24.3 Å². The lowest BCUT2D eigenvalue weighted by Gasteiger charge is -2.10. The summed E-state index contributed by atoms with van der Waals surface area (Å²) in [6.07, 6.45) is 0. The fraction of sp³-hybridized carbons (Fsp3) is 0.462. The fourth-order valence-corrected chi connectivity index (χ4v) is 3.36. The highest BCUT2D eigenvalue weighted by atomic mass is 35.5. The molecule has 1 unspecified atom stereocenters. The molecule has 0 radical (unpaired) electrons. The number of aryl methyl sites for hydroxylation is 3. The van der Waals surface area contributed by atoms with Crippen LogP contribution < -0.4 is 0 Å². The molecule has 0 bridgehead atoms. The van der Waals surface area contributed by atoms with Crippen LogP contribution in [0.15, 0.2) is 5.51 Å². The summed E-state index contributed by atoms with van der Waals surface area (Å²) in [7, 11) is 1.94. The molecule has 0 N–H and O–H groups in total. The molecule has 106 valence electrons. The molecule has 3 heterocycles. The van der Waals surface area contributed by atoms with E-state index < -0.39 is 0 Å². The maximum atomic E-state index is 6.30. The molecular weight excluding hydrogens is 294 g/mol. The summed E-state index contributed by atoms with van der Waals surface area (Å²) in [6, 6.07) is 0. The molecule has 0 fully saturated rings. The van der Waals surface area contributed by atoms with E-state index >= 15 is 0 Å². The van der Waals surface area contributed by atoms with Crippen LogP contribution in [0, 0.1) is 13.8 Å². The van der Waals surface area contributed by atoms with E-state index in [0.29, 0.717) is 0 Å². The molecule has 3 aromatic heterocycles. The third-order valence-corrected chi connectivity index (χ3v) is 4.54. The van der Waals surface area contributed by atoms with Gasteiger partial charge < -0.3 is 4.57 Å². The Morgan fingerprint density at radius 1 is 1.35 bits per heavy atom. The monoisotopic (exact) mass is 309 g/mol. The van der Waals surface area contributed by atoms with Crippen molar-refractivity contribution in [3.63, 3.8) is 0 Å². The number of halogens is 1. The van der Waals surface area contributed by atoms with E-state index in [1.165, 1.54) is 4.88 Å². The molecule has 5 nitrogen and oxygen atoms in total. The second-order valence-electron chi connectivity index (χ2n) is 4.91. The Morgan fingerprint density at radius 2 is 2.10 bits per heavy atom. The first kappa shape index (κ1) is 13.6. The first-order valence-electron chi connectivity index (χ1n) is 6.41. The van der Waals surface area contributed by atoms with Gasteiger partial charge in [0.05, 0.1) is 28.8 Å². The lowest BCUT2D eigenvalue weighted by molar-refractivity contribution is 0.688. The Bertz CT molecular complexity index is 767. The van der Waals surface area contributed by atoms with Gasteiger partial charge in [0.1, 0.15) is 11.3 Å². The normalized spacial score (nSPS) is 13.2. The van der Waals surface area contributed by atoms with E-state index in [1.807, 2.05) is 38.0 Å². The lowest BCUT2D eigenvalue weighted by atomic mass is 10.3. The van der Waals surface area contributed by atoms with E-state index in [1.54, 1.807) is 11.3 Å². The van der Waals surface area contributed by atoms with Crippen molar-refractivity contribution in [2.24, 2.45) is 7.05 Å². The van der Waals surface area contributed by atoms with Gasteiger partial charge in [-0.15, -0.1) is 22.9 Å². The third-order valence-electron chi connectivity index (χ3n) is 3.42. The van der Waals surface area contributed by atoms with Crippen LogP contribution >= 0.6 is 22.9 Å². The molecule has 0 saturated heterocycles. The smallest absolute Gasteiger partial charge is 0.159 e. The molecule has 0 aromatic carbocycles. The van der Waals surface area contributed by atoms with Gasteiger partial charge in [-0.1, -0.05) is 0 Å². The molecule has 0 amide bonds. The zero-order valence-electron chi connectivity index (χ0n) is 11.9. The SMILES string of the molecule is Cc1ncsc1Cn1c(C(C)Cl)nc2c(C)nn(C)c21. The van der Waals surface area contributed by atoms with Crippen LogP contribution in [0.1, 0.15) is 34.4 Å². The zero-order chi connectivity index (χ0) is 14.4. The molecular formula is C13H16ClN5S. The van der Waals surface area contributed by atoms with Gasteiger partial charge in [0, 0.05) is 11.9 Å². The quantitative estimate of drug-likeness (QED) is 0.698. The zero-order valence-corrected chi connectivity index (χ0v) is 13.5. The Morgan fingerprint density at radius 3 is 2.70 bits per heavy atom. The maximum absolute atomic E-state index is 6.30. The Kier molecular flexibility index (Phi) is 3.30. The largest absolute Gasteiger partial charge is 0.306 e. The van der Waals surface area contributed by atoms with Crippen LogP contribution in [-0.2, 0) is 13.6 Å². The number of rotatable bonds is 3. The first-order chi connectivity index (χ1) is 9.49. The second-order valence-corrected chi connectivity index (χ2v) is 6.51. The minimum absolute atomic E-state index is 0.143. The molecule has 20 heavy (non-hydrogen) atoms. The molecule has 1 atom stereocenters. The Hall–Kier alpha value is -1.40. The van der Waals surface area contributed by atoms with Crippen LogP contribution in [0.4, 0.5) is 0 Å². The van der Waals surface area contributed by atoms with Crippen molar-refractivity contribution < 1.29 is 0 Å². The topological polar surface area (TPSA) is 48.5 Å². The summed E-state index contributed by atoms with van der Waals surface area (Å²) in [6.45, 7) is 6.68. The Balaban J connectivity index is 2.21. The molecule has 3 aromatic rings. The minimum atomic E-state index is -0.143. The third kappa shape index (κ3) is 2.03. The van der Waals surface area contributed by atoms with Crippen molar-refractivity contribution in [1.82, 2.24) is 24.3 Å². The van der Waals surface area contributed by atoms with Crippen LogP contribution in [0.2, 0.25) is 0 Å². The number of imidazole rings is 1. The second kappa shape index (κ2) is 4.86. The van der Waals surface area contributed by atoms with Gasteiger partial charge in [-0.3, -0.25) is 4.68 Å². The summed E-state index contributed by atoms with van der Waals surface area (Å²) in [4.78, 5) is 10.2. The molecule has 7 heteroatoms. The summed E-state index contributed by atoms with van der Waals surface area (Å²) in [5, 5.41) is 4.30. The number of nitrogens with zero attached hydrogens (tertiary/aromatic N) is 5. The summed E-state index contributed by atoms with van der Waals surface area (Å²) in [5.41, 5.74) is 5.80. The highest BCUT2D eigenvalue weighted by molar-refractivity contribution is 7.09. The lowest BCUT2D eigenvalue weighted by Crippen LogP contribution is -2.09. The van der Waals surface area contributed by atoms with E-state index in [9.17, 15) is 0 Å². The van der Waals surface area contributed by atoms with Gasteiger partial charge in [-0.2, -0.15) is 5.10 Å². The number of hydrogen-bond donors (Lipinski definition) is 0. The summed E-state index contributed by atoms with van der Waals surface area (Å²) < 4.78 is 4.02. The van der Waals surface area contributed by atoms with Crippen molar-refractivity contribution in [2.75, 3.05) is 0 Å². The molecule has 0 spiro atoms. The highest BCUT2D eigenvalue weighted by Crippen LogP contribution is 2.28. The average molecular weight is 310 g/mol. The predicted octanol–water partition coefficient (Wildman–Crippen LogP) is 3.19. The summed E-state index contributed by atoms with van der Waals surface area (Å²) in [5.74, 6) is 0.880. The van der Waals surface area contributed by atoms with Crippen molar-refractivity contribution in [3.8, 4) is 0 Å². The van der Waals surface area contributed by atoms with E-state index in [0.717, 1.165) is 34.9 Å². The molecule has 3 rings (SSSR count). The van der Waals surface area contributed by atoms with Crippen LogP contribution in [0.25, 0.3) is 11.2 Å². The van der Waals surface area contributed by atoms with Crippen molar-refractivity contribution in [2.45, 2.75) is 32.7 Å². The molecule has 0 saturated carbocycles. The number of alkyl halides is 1. The van der Waals surface area contributed by atoms with Crippen molar-refractivity contribution >= 4 is 34.1 Å². The molecule has 0 aliphatic rings. The first-order valence-corrected chi connectivity index (χ1v) is 7.73. The van der Waals surface area contributed by atoms with E-state index in [2.05, 4.69) is 19.6 Å². The summed E-state index contributed by atoms with van der Waals surface area (Å²) >= 11 is 7.95. The van der Waals surface area contributed by atoms with Crippen molar-refractivity contribution in [3.05, 3.63) is 27.6 Å². The number of hydrogen-bond acceptors (Lipinski definition) is 4. The van der Waals surface area contributed by atoms with Gasteiger partial charge in [0.2, 0.25) is 0 Å². The molecule has 0 aliphatic carbocycles.